The largest absolute Gasteiger partial charge is 0.360 e. The zero-order chi connectivity index (χ0) is 22.9. The molecule has 0 saturated carbocycles. The predicted molar refractivity (Wildman–Crippen MR) is 122 cm³/mol. The van der Waals surface area contributed by atoms with Gasteiger partial charge in [0, 0.05) is 0 Å². The van der Waals surface area contributed by atoms with Crippen LogP contribution in [0.15, 0.2) is 57.9 Å². The molecule has 0 unspecified atom stereocenters. The lowest BCUT2D eigenvalue weighted by Gasteiger charge is -2.28. The Labute approximate surface area is 188 Å². The van der Waals surface area contributed by atoms with E-state index >= 15 is 0 Å². The van der Waals surface area contributed by atoms with Crippen LogP contribution in [0.5, 0.6) is 0 Å². The van der Waals surface area contributed by atoms with Crippen LogP contribution in [-0.2, 0) is 21.2 Å². The second-order valence-corrected chi connectivity index (χ2v) is 10.0. The van der Waals surface area contributed by atoms with Gasteiger partial charge in [-0.2, -0.15) is 0 Å². The molecule has 1 N–H and O–H groups in total. The van der Waals surface area contributed by atoms with E-state index in [1.807, 2.05) is 37.3 Å². The monoisotopic (exact) mass is 453 g/mol. The van der Waals surface area contributed by atoms with Crippen LogP contribution >= 0.6 is 0 Å². The highest BCUT2D eigenvalue weighted by molar-refractivity contribution is 7.93. The molecule has 1 aliphatic carbocycles. The summed E-state index contributed by atoms with van der Waals surface area (Å²) in [5, 5.41) is 6.84. The van der Waals surface area contributed by atoms with E-state index in [1.54, 1.807) is 26.0 Å². The van der Waals surface area contributed by atoms with Crippen LogP contribution in [0.4, 0.5) is 5.69 Å². The number of benzene rings is 2. The molecular formula is C24H27N3O4S. The van der Waals surface area contributed by atoms with E-state index in [0.29, 0.717) is 5.69 Å². The van der Waals surface area contributed by atoms with Gasteiger partial charge in [0.1, 0.15) is 12.2 Å². The highest BCUT2D eigenvalue weighted by Gasteiger charge is 2.33. The van der Waals surface area contributed by atoms with Crippen molar-refractivity contribution in [2.24, 2.45) is 0 Å². The number of nitrogens with zero attached hydrogens (tertiary/aromatic N) is 2. The summed E-state index contributed by atoms with van der Waals surface area (Å²) >= 11 is 0. The highest BCUT2D eigenvalue weighted by atomic mass is 32.2. The zero-order valence-electron chi connectivity index (χ0n) is 18.5. The molecule has 1 atom stereocenters. The van der Waals surface area contributed by atoms with Crippen LogP contribution in [-0.4, -0.2) is 26.0 Å². The number of carbonyl (C=O) groups is 1. The number of nitrogens with one attached hydrogen (secondary N) is 1. The molecule has 1 aromatic heterocycles. The average molecular weight is 454 g/mol. The molecule has 4 rings (SSSR count). The van der Waals surface area contributed by atoms with E-state index in [1.165, 1.54) is 5.56 Å². The maximum absolute atomic E-state index is 13.6. The van der Waals surface area contributed by atoms with Gasteiger partial charge in [-0.3, -0.25) is 9.10 Å². The fourth-order valence-corrected chi connectivity index (χ4v) is 5.97. The Balaban J connectivity index is 1.64. The molecule has 2 aromatic carbocycles. The molecule has 0 saturated heterocycles. The van der Waals surface area contributed by atoms with Crippen molar-refractivity contribution in [2.45, 2.75) is 51.0 Å². The molecule has 3 aromatic rings. The van der Waals surface area contributed by atoms with Crippen LogP contribution in [0, 0.1) is 20.8 Å². The van der Waals surface area contributed by atoms with Gasteiger partial charge >= 0.3 is 0 Å². The summed E-state index contributed by atoms with van der Waals surface area (Å²) in [6, 6.07) is 15.0. The third kappa shape index (κ3) is 4.27. The summed E-state index contributed by atoms with van der Waals surface area (Å²) in [7, 11) is -4.07. The topological polar surface area (TPSA) is 92.5 Å². The van der Waals surface area contributed by atoms with Crippen molar-refractivity contribution in [3.05, 3.63) is 76.7 Å². The average Bonchev–Trinajstić information content (AvgIpc) is 3.12. The normalized spacial score (nSPS) is 15.8. The lowest BCUT2D eigenvalue weighted by Crippen LogP contribution is -2.42. The first kappa shape index (κ1) is 22.1. The number of hydrogen-bond acceptors (Lipinski definition) is 5. The highest BCUT2D eigenvalue weighted by Crippen LogP contribution is 2.31. The fraction of sp³-hybridized carbons (Fsp3) is 0.333. The molecule has 7 nitrogen and oxygen atoms in total. The number of carbonyl (C=O) groups excluding carboxylic acids is 1. The number of aromatic nitrogens is 1. The molecule has 0 spiro atoms. The number of hydrogen-bond donors (Lipinski definition) is 1. The van der Waals surface area contributed by atoms with Gasteiger partial charge in [-0.05, 0) is 63.3 Å². The molecule has 1 amide bonds. The molecule has 0 radical (unpaired) electrons. The second-order valence-electron chi connectivity index (χ2n) is 8.21. The smallest absolute Gasteiger partial charge is 0.270 e. The fourth-order valence-electron chi connectivity index (χ4n) is 4.25. The SMILES string of the molecule is Cc1ccc(N(CC(=O)N[C@@H]2CCCc3ccccc32)S(=O)(=O)c2c(C)noc2C)cc1. The third-order valence-electron chi connectivity index (χ3n) is 5.83. The molecule has 1 aliphatic rings. The Morgan fingerprint density at radius 2 is 1.84 bits per heavy atom. The van der Waals surface area contributed by atoms with Crippen molar-refractivity contribution in [1.29, 1.82) is 0 Å². The van der Waals surface area contributed by atoms with E-state index in [2.05, 4.69) is 16.5 Å². The second kappa shape index (κ2) is 8.78. The van der Waals surface area contributed by atoms with E-state index in [-0.39, 0.29) is 34.8 Å². The van der Waals surface area contributed by atoms with Crippen LogP contribution in [0.25, 0.3) is 0 Å². The Morgan fingerprint density at radius 1 is 1.12 bits per heavy atom. The van der Waals surface area contributed by atoms with Crippen LogP contribution in [0.2, 0.25) is 0 Å². The standard InChI is InChI=1S/C24H27N3O4S/c1-16-11-13-20(14-12-16)27(32(29,30)24-17(2)26-31-18(24)3)15-23(28)25-22-10-6-8-19-7-4-5-9-21(19)22/h4-5,7,9,11-14,22H,6,8,10,15H2,1-3H3,(H,25,28)/t22-/m1/s1. The molecule has 32 heavy (non-hydrogen) atoms. The van der Waals surface area contributed by atoms with Crippen molar-refractivity contribution in [3.8, 4) is 0 Å². The van der Waals surface area contributed by atoms with E-state index in [0.717, 1.165) is 34.7 Å². The zero-order valence-corrected chi connectivity index (χ0v) is 19.3. The van der Waals surface area contributed by atoms with Gasteiger partial charge in [-0.1, -0.05) is 47.1 Å². The molecular weight excluding hydrogens is 426 g/mol. The first-order chi connectivity index (χ1) is 15.3. The van der Waals surface area contributed by atoms with Gasteiger partial charge in [-0.25, -0.2) is 8.42 Å². The summed E-state index contributed by atoms with van der Waals surface area (Å²) < 4.78 is 33.4. The Morgan fingerprint density at radius 3 is 2.53 bits per heavy atom. The minimum absolute atomic E-state index is 0.00566. The predicted octanol–water partition coefficient (Wildman–Crippen LogP) is 3.99. The van der Waals surface area contributed by atoms with Crippen molar-refractivity contribution in [1.82, 2.24) is 10.5 Å². The number of fused-ring (bicyclic) bond motifs is 1. The number of anilines is 1. The molecule has 0 aliphatic heterocycles. The number of amides is 1. The minimum atomic E-state index is -4.07. The minimum Gasteiger partial charge on any atom is -0.360 e. The van der Waals surface area contributed by atoms with Crippen LogP contribution in [0.1, 0.15) is 47.0 Å². The van der Waals surface area contributed by atoms with Gasteiger partial charge in [-0.15, -0.1) is 0 Å². The van der Waals surface area contributed by atoms with Gasteiger partial charge in [0.2, 0.25) is 5.91 Å². The quantitative estimate of drug-likeness (QED) is 0.609. The maximum atomic E-state index is 13.6. The van der Waals surface area contributed by atoms with Crippen molar-refractivity contribution >= 4 is 21.6 Å². The lowest BCUT2D eigenvalue weighted by atomic mass is 9.88. The van der Waals surface area contributed by atoms with E-state index < -0.39 is 10.0 Å². The van der Waals surface area contributed by atoms with Gasteiger partial charge in [0.05, 0.1) is 11.7 Å². The summed E-state index contributed by atoms with van der Waals surface area (Å²) in [6.07, 6.45) is 2.78. The molecule has 8 heteroatoms. The van der Waals surface area contributed by atoms with Gasteiger partial charge < -0.3 is 9.84 Å². The van der Waals surface area contributed by atoms with Gasteiger partial charge in [0.25, 0.3) is 10.0 Å². The number of aryl methyl sites for hydroxylation is 4. The first-order valence-electron chi connectivity index (χ1n) is 10.7. The first-order valence-corrected chi connectivity index (χ1v) is 12.1. The molecule has 0 bridgehead atoms. The maximum Gasteiger partial charge on any atom is 0.270 e. The molecule has 0 fully saturated rings. The summed E-state index contributed by atoms with van der Waals surface area (Å²) in [4.78, 5) is 13.1. The summed E-state index contributed by atoms with van der Waals surface area (Å²) in [5.74, 6) is -0.163. The number of sulfonamides is 1. The number of rotatable bonds is 6. The van der Waals surface area contributed by atoms with Crippen molar-refractivity contribution in [3.63, 3.8) is 0 Å². The van der Waals surface area contributed by atoms with Crippen LogP contribution < -0.4 is 9.62 Å². The van der Waals surface area contributed by atoms with Gasteiger partial charge in [0.15, 0.2) is 10.7 Å². The lowest BCUT2D eigenvalue weighted by molar-refractivity contribution is -0.120. The van der Waals surface area contributed by atoms with Crippen molar-refractivity contribution in [2.75, 3.05) is 10.8 Å². The Kier molecular flexibility index (Phi) is 6.06. The summed E-state index contributed by atoms with van der Waals surface area (Å²) in [5.41, 5.74) is 3.99. The van der Waals surface area contributed by atoms with Crippen molar-refractivity contribution < 1.29 is 17.7 Å². The molecule has 1 heterocycles. The summed E-state index contributed by atoms with van der Waals surface area (Å²) in [6.45, 7) is 4.72. The third-order valence-corrected chi connectivity index (χ3v) is 7.85. The Bertz CT molecular complexity index is 1210. The van der Waals surface area contributed by atoms with E-state index in [9.17, 15) is 13.2 Å². The Hall–Kier alpha value is -3.13. The molecule has 168 valence electrons. The van der Waals surface area contributed by atoms with Crippen LogP contribution in [0.3, 0.4) is 0 Å². The van der Waals surface area contributed by atoms with E-state index in [4.69, 9.17) is 4.52 Å².